The van der Waals surface area contributed by atoms with Gasteiger partial charge in [-0.05, 0) is 134 Å². The molecule has 0 bridgehead atoms. The Morgan fingerprint density at radius 2 is 1.17 bits per heavy atom. The van der Waals surface area contributed by atoms with Crippen molar-refractivity contribution < 1.29 is 18.6 Å². The lowest BCUT2D eigenvalue weighted by Crippen LogP contribution is -2.50. The van der Waals surface area contributed by atoms with Gasteiger partial charge in [-0.2, -0.15) is 10.2 Å². The van der Waals surface area contributed by atoms with Gasteiger partial charge in [0.2, 0.25) is 11.9 Å². The number of H-pyrrole nitrogens is 2. The summed E-state index contributed by atoms with van der Waals surface area (Å²) >= 11 is 0. The monoisotopic (exact) mass is 969 g/mol. The fourth-order valence-electron chi connectivity index (χ4n) is 9.71. The van der Waals surface area contributed by atoms with E-state index in [-0.39, 0.29) is 24.8 Å². The first-order chi connectivity index (χ1) is 34.9. The van der Waals surface area contributed by atoms with Gasteiger partial charge in [-0.25, -0.2) is 34.7 Å². The van der Waals surface area contributed by atoms with Crippen molar-refractivity contribution in [2.45, 2.75) is 119 Å². The highest BCUT2D eigenvalue weighted by atomic mass is 16.6. The van der Waals surface area contributed by atoms with Crippen molar-refractivity contribution in [1.29, 1.82) is 0 Å². The summed E-state index contributed by atoms with van der Waals surface area (Å²) in [5.74, 6) is 3.44. The summed E-state index contributed by atoms with van der Waals surface area (Å²) < 4.78 is 16.2. The zero-order valence-electron chi connectivity index (χ0n) is 41.9. The number of carbonyl (C=O) groups is 1. The summed E-state index contributed by atoms with van der Waals surface area (Å²) in [5, 5.41) is 32.0. The molecule has 1 aromatic carbocycles. The van der Waals surface area contributed by atoms with Crippen LogP contribution in [0.5, 0.6) is 0 Å². The maximum atomic E-state index is 12.9. The number of benzene rings is 1. The topological polar surface area (TPSA) is 240 Å². The molecule has 1 saturated heterocycles. The van der Waals surface area contributed by atoms with Crippen molar-refractivity contribution in [3.05, 3.63) is 107 Å². The first-order valence-corrected chi connectivity index (χ1v) is 24.6. The average Bonchev–Trinajstić information content (AvgIpc) is 4.18. The number of amides is 1. The molecule has 1 amide bonds. The predicted molar refractivity (Wildman–Crippen MR) is 274 cm³/mol. The third kappa shape index (κ3) is 9.95. The van der Waals surface area contributed by atoms with Crippen LogP contribution in [0.1, 0.15) is 92.0 Å². The minimum absolute atomic E-state index is 0.0104. The van der Waals surface area contributed by atoms with Gasteiger partial charge >= 0.3 is 6.09 Å². The third-order valence-corrected chi connectivity index (χ3v) is 13.8. The lowest BCUT2D eigenvalue weighted by Gasteiger charge is -2.37. The molecule has 0 unspecified atom stereocenters. The van der Waals surface area contributed by atoms with Crippen LogP contribution >= 0.6 is 0 Å². The van der Waals surface area contributed by atoms with E-state index in [2.05, 4.69) is 65.2 Å². The van der Waals surface area contributed by atoms with Gasteiger partial charge in [0, 0.05) is 47.8 Å². The van der Waals surface area contributed by atoms with E-state index in [0.29, 0.717) is 41.5 Å². The molecular weight excluding hydrogens is 911 g/mol. The molecule has 2 aliphatic rings. The average molecular weight is 970 g/mol. The first-order valence-electron chi connectivity index (χ1n) is 24.6. The van der Waals surface area contributed by atoms with E-state index in [4.69, 9.17) is 33.7 Å². The molecule has 8 aromatic heterocycles. The van der Waals surface area contributed by atoms with Crippen LogP contribution in [0.3, 0.4) is 0 Å². The number of fused-ring (bicyclic) bond motifs is 2. The van der Waals surface area contributed by atoms with Gasteiger partial charge < -0.3 is 29.3 Å². The Balaban J connectivity index is 0.000000172. The highest BCUT2D eigenvalue weighted by Gasteiger charge is 2.31. The third-order valence-electron chi connectivity index (χ3n) is 13.8. The molecule has 2 atom stereocenters. The van der Waals surface area contributed by atoms with Crippen molar-refractivity contribution in [3.63, 3.8) is 0 Å². The minimum Gasteiger partial charge on any atom is -0.445 e. The number of rotatable bonds is 10. The van der Waals surface area contributed by atoms with Crippen molar-refractivity contribution in [2.24, 2.45) is 5.92 Å². The lowest BCUT2D eigenvalue weighted by molar-refractivity contribution is 0.0695. The molecule has 72 heavy (non-hydrogen) atoms. The molecule has 9 aromatic rings. The van der Waals surface area contributed by atoms with Crippen molar-refractivity contribution in [3.8, 4) is 45.3 Å². The van der Waals surface area contributed by atoms with E-state index < -0.39 is 0 Å². The second-order valence-corrected chi connectivity index (χ2v) is 19.2. The van der Waals surface area contributed by atoms with Crippen LogP contribution in [0.4, 0.5) is 16.7 Å². The summed E-state index contributed by atoms with van der Waals surface area (Å²) in [6.45, 7) is 16.7. The SMILES string of the molecule is Cc1cnc(NC2CCC(C)CC2)nc1-c1[nH]nc2nc(-c3c(C)noc3C)ccc12.Cc1cnc(N[C@H]2CC[C@H](C)N(C(=O)OCc3ccccc3)C2)nc1-c1[nH]nc2nc(-c3c(C)noc3C)ccc12. The van der Waals surface area contributed by atoms with Gasteiger partial charge in [0.25, 0.3) is 0 Å². The predicted octanol–water partition coefficient (Wildman–Crippen LogP) is 10.6. The molecule has 19 nitrogen and oxygen atoms in total. The summed E-state index contributed by atoms with van der Waals surface area (Å²) in [5.41, 5.74) is 12.2. The van der Waals surface area contributed by atoms with Gasteiger partial charge in [-0.15, -0.1) is 0 Å². The maximum Gasteiger partial charge on any atom is 0.410 e. The minimum atomic E-state index is -0.314. The van der Waals surface area contributed by atoms with Gasteiger partial charge in [0.1, 0.15) is 18.1 Å². The summed E-state index contributed by atoms with van der Waals surface area (Å²) in [4.78, 5) is 42.9. The van der Waals surface area contributed by atoms with E-state index in [1.807, 2.05) is 102 Å². The van der Waals surface area contributed by atoms with Crippen LogP contribution in [0.15, 0.2) is 76.0 Å². The van der Waals surface area contributed by atoms with E-state index >= 15 is 0 Å². The van der Waals surface area contributed by atoms with Gasteiger partial charge in [0.05, 0.1) is 56.7 Å². The summed E-state index contributed by atoms with van der Waals surface area (Å²) in [6.07, 6.45) is 9.91. The second kappa shape index (κ2) is 20.3. The number of aromatic amines is 2. The van der Waals surface area contributed by atoms with E-state index in [1.54, 1.807) is 11.1 Å². The number of nitrogens with one attached hydrogen (secondary N) is 4. The zero-order chi connectivity index (χ0) is 50.0. The van der Waals surface area contributed by atoms with Crippen LogP contribution in [0, 0.1) is 47.5 Å². The molecule has 1 aliphatic carbocycles. The number of aromatic nitrogens is 12. The Hall–Kier alpha value is -8.09. The van der Waals surface area contributed by atoms with Crippen LogP contribution in [0.2, 0.25) is 0 Å². The number of piperidine rings is 1. The molecule has 1 saturated carbocycles. The number of hydrogen-bond donors (Lipinski definition) is 4. The van der Waals surface area contributed by atoms with Crippen LogP contribution < -0.4 is 10.6 Å². The van der Waals surface area contributed by atoms with Gasteiger partial charge in [-0.1, -0.05) is 47.6 Å². The first kappa shape index (κ1) is 47.6. The summed E-state index contributed by atoms with van der Waals surface area (Å²) in [7, 11) is 0. The largest absolute Gasteiger partial charge is 0.445 e. The maximum absolute atomic E-state index is 12.9. The van der Waals surface area contributed by atoms with E-state index in [9.17, 15) is 4.79 Å². The Labute approximate surface area is 416 Å². The quantitative estimate of drug-likeness (QED) is 0.0996. The molecule has 0 radical (unpaired) electrons. The highest BCUT2D eigenvalue weighted by Crippen LogP contribution is 2.34. The van der Waals surface area contributed by atoms with Gasteiger partial charge in [0.15, 0.2) is 11.3 Å². The Bertz CT molecular complexity index is 3330. The Kier molecular flexibility index (Phi) is 13.4. The molecule has 0 spiro atoms. The molecule has 19 heteroatoms. The molecule has 11 rings (SSSR count). The molecule has 9 heterocycles. The van der Waals surface area contributed by atoms with Crippen molar-refractivity contribution >= 4 is 40.1 Å². The number of hydrogen-bond acceptors (Lipinski definition) is 16. The molecular formula is C53H59N15O4. The van der Waals surface area contributed by atoms with E-state index in [1.165, 1.54) is 12.8 Å². The lowest BCUT2D eigenvalue weighted by atomic mass is 9.87. The smallest absolute Gasteiger partial charge is 0.410 e. The summed E-state index contributed by atoms with van der Waals surface area (Å²) in [6, 6.07) is 18.1. The number of ether oxygens (including phenoxy) is 1. The number of nitrogens with zero attached hydrogens (tertiary/aromatic N) is 11. The molecule has 1 aliphatic heterocycles. The highest BCUT2D eigenvalue weighted by molar-refractivity contribution is 5.93. The van der Waals surface area contributed by atoms with Crippen LogP contribution in [-0.2, 0) is 11.3 Å². The Morgan fingerprint density at radius 1 is 0.653 bits per heavy atom. The standard InChI is InChI=1S/C30H32N8O3.C23H27N7O/c1-17-14-31-29(32-22-11-10-18(2)38(15-22)30(39)40-16-21-8-6-5-7-9-21)34-26(17)27-23-12-13-24(33-28(23)36-35-27)25-19(3)37-41-20(25)4;1-12-5-7-16(8-6-12)25-23-24-11-13(2)20(27-23)21-17-9-10-18(26-22(17)29-28-21)19-14(3)30-31-15(19)4/h5-9,12-14,18,22H,10-11,15-16H2,1-4H3,(H,31,32,34)(H,33,35,36);9-12,16H,5-8H2,1-4H3,(H,24,25,27)(H,26,28,29)/t18-,22-;/m0./s1. The van der Waals surface area contributed by atoms with Crippen molar-refractivity contribution in [1.82, 2.24) is 65.5 Å². The Morgan fingerprint density at radius 3 is 1.68 bits per heavy atom. The second-order valence-electron chi connectivity index (χ2n) is 19.2. The normalized spacial score (nSPS) is 18.0. The fourth-order valence-corrected chi connectivity index (χ4v) is 9.71. The van der Waals surface area contributed by atoms with Crippen LogP contribution in [-0.4, -0.2) is 96.3 Å². The number of aryl methyl sites for hydroxylation is 6. The molecule has 2 fully saturated rings. The fraction of sp³-hybridized carbons (Fsp3) is 0.377. The number of anilines is 2. The number of likely N-dealkylation sites (tertiary alicyclic amines) is 1. The molecule has 4 N–H and O–H groups in total. The zero-order valence-corrected chi connectivity index (χ0v) is 41.9. The van der Waals surface area contributed by atoms with E-state index in [0.717, 1.165) is 122 Å². The number of pyridine rings is 2. The molecule has 370 valence electrons. The van der Waals surface area contributed by atoms with Crippen LogP contribution in [0.25, 0.3) is 67.4 Å². The van der Waals surface area contributed by atoms with Crippen molar-refractivity contribution in [2.75, 3.05) is 17.2 Å². The van der Waals surface area contributed by atoms with Gasteiger partial charge in [-0.3, -0.25) is 10.2 Å². The number of carbonyl (C=O) groups excluding carboxylic acids is 1.